The molecule has 0 amide bonds. The predicted molar refractivity (Wildman–Crippen MR) is 120 cm³/mol. The summed E-state index contributed by atoms with van der Waals surface area (Å²) in [5.74, 6) is 1.87. The fourth-order valence-electron chi connectivity index (χ4n) is 4.53. The Morgan fingerprint density at radius 3 is 2.71 bits per heavy atom. The largest absolute Gasteiger partial charge is 0.454 e. The maximum atomic E-state index is 6.13. The Labute approximate surface area is 196 Å². The van der Waals surface area contributed by atoms with Crippen LogP contribution in [0, 0.1) is 0 Å². The van der Waals surface area contributed by atoms with Gasteiger partial charge in [-0.25, -0.2) is 0 Å². The second kappa shape index (κ2) is 8.75. The number of anilines is 1. The van der Waals surface area contributed by atoms with Gasteiger partial charge in [-0.2, -0.15) is 4.68 Å². The smallest absolute Gasteiger partial charge is 0.341 e. The quantitative estimate of drug-likeness (QED) is 0.554. The first kappa shape index (κ1) is 21.1. The van der Waals surface area contributed by atoms with Crippen LogP contribution in [-0.2, 0) is 16.0 Å². The Morgan fingerprint density at radius 2 is 1.85 bits per heavy atom. The molecule has 4 unspecified atom stereocenters. The minimum atomic E-state index is -0.185. The third kappa shape index (κ3) is 3.91. The summed E-state index contributed by atoms with van der Waals surface area (Å²) in [5.41, 5.74) is 2.39. The van der Waals surface area contributed by atoms with Gasteiger partial charge in [0.15, 0.2) is 11.5 Å². The molecule has 1 aromatic heterocycles. The number of fused-ring (bicyclic) bond motifs is 2. The van der Waals surface area contributed by atoms with Crippen LogP contribution in [0.3, 0.4) is 0 Å². The highest BCUT2D eigenvalue weighted by Crippen LogP contribution is 2.38. The lowest BCUT2D eigenvalue weighted by Crippen LogP contribution is -2.40. The fraction of sp³-hybridized carbons (Fsp3) is 0.435. The molecule has 2 fully saturated rings. The molecule has 2 saturated heterocycles. The van der Waals surface area contributed by atoms with Crippen LogP contribution in [-0.4, -0.2) is 72.6 Å². The van der Waals surface area contributed by atoms with Crippen LogP contribution in [0.5, 0.6) is 23.3 Å². The van der Waals surface area contributed by atoms with Gasteiger partial charge in [0.25, 0.3) is 0 Å². The van der Waals surface area contributed by atoms with Crippen LogP contribution >= 0.6 is 0 Å². The lowest BCUT2D eigenvalue weighted by molar-refractivity contribution is 0.0611. The van der Waals surface area contributed by atoms with E-state index in [2.05, 4.69) is 50.0 Å². The van der Waals surface area contributed by atoms with Crippen LogP contribution in [0.15, 0.2) is 42.5 Å². The first-order chi connectivity index (χ1) is 16.7. The molecule has 0 aliphatic carbocycles. The third-order valence-corrected chi connectivity index (χ3v) is 6.38. The molecule has 4 heterocycles. The Kier molecular flexibility index (Phi) is 5.44. The normalized spacial score (nSPS) is 24.9. The van der Waals surface area contributed by atoms with Gasteiger partial charge >= 0.3 is 6.01 Å². The molecule has 0 bridgehead atoms. The summed E-state index contributed by atoms with van der Waals surface area (Å²) in [5, 5.41) is 15.6. The Hall–Kier alpha value is -3.41. The number of aromatic nitrogens is 4. The molecule has 3 aliphatic heterocycles. The van der Waals surface area contributed by atoms with Gasteiger partial charge in [0.05, 0.1) is 19.3 Å². The van der Waals surface area contributed by atoms with E-state index in [-0.39, 0.29) is 37.1 Å². The zero-order valence-electron chi connectivity index (χ0n) is 19.0. The summed E-state index contributed by atoms with van der Waals surface area (Å²) < 4.78 is 30.6. The number of nitrogens with one attached hydrogen (secondary N) is 1. The molecule has 0 saturated carbocycles. The number of benzene rings is 2. The van der Waals surface area contributed by atoms with Crippen molar-refractivity contribution >= 4 is 5.69 Å². The van der Waals surface area contributed by atoms with Gasteiger partial charge in [0.1, 0.15) is 24.0 Å². The average Bonchev–Trinajstić information content (AvgIpc) is 3.63. The Balaban J connectivity index is 1.10. The maximum absolute atomic E-state index is 6.13. The third-order valence-electron chi connectivity index (χ3n) is 6.38. The standard InChI is InChI=1S/C23H26N6O5/c1-28(2)15-5-3-14(4-6-15)10-24-17-11-30-22-18(12-31-21(17)22)29-23(25-26-27-29)34-16-7-8-19-20(9-16)33-13-32-19/h3-9,17-18,21-22,24H,10-13H2,1-2H3. The van der Waals surface area contributed by atoms with E-state index in [1.807, 2.05) is 14.1 Å². The summed E-state index contributed by atoms with van der Waals surface area (Å²) in [6.07, 6.45) is -0.259. The molecule has 6 rings (SSSR count). The molecule has 34 heavy (non-hydrogen) atoms. The van der Waals surface area contributed by atoms with E-state index in [9.17, 15) is 0 Å². The highest BCUT2D eigenvalue weighted by molar-refractivity contribution is 5.47. The van der Waals surface area contributed by atoms with Gasteiger partial charge in [-0.15, -0.1) is 0 Å². The van der Waals surface area contributed by atoms with Crippen molar-refractivity contribution in [2.45, 2.75) is 30.8 Å². The van der Waals surface area contributed by atoms with Crippen molar-refractivity contribution in [3.63, 3.8) is 0 Å². The van der Waals surface area contributed by atoms with E-state index >= 15 is 0 Å². The van der Waals surface area contributed by atoms with E-state index in [1.54, 1.807) is 22.9 Å². The van der Waals surface area contributed by atoms with Gasteiger partial charge in [-0.1, -0.05) is 17.2 Å². The van der Waals surface area contributed by atoms with E-state index in [0.717, 1.165) is 6.54 Å². The van der Waals surface area contributed by atoms with Gasteiger partial charge in [0.2, 0.25) is 6.79 Å². The Morgan fingerprint density at radius 1 is 1.03 bits per heavy atom. The van der Waals surface area contributed by atoms with Gasteiger partial charge in [-0.05, 0) is 40.3 Å². The first-order valence-corrected chi connectivity index (χ1v) is 11.2. The second-order valence-electron chi connectivity index (χ2n) is 8.73. The average molecular weight is 466 g/mol. The summed E-state index contributed by atoms with van der Waals surface area (Å²) in [6, 6.07) is 14.0. The molecular weight excluding hydrogens is 440 g/mol. The second-order valence-corrected chi connectivity index (χ2v) is 8.73. The Bertz CT molecular complexity index is 1150. The molecule has 0 spiro atoms. The molecule has 0 radical (unpaired) electrons. The molecule has 3 aromatic rings. The zero-order chi connectivity index (χ0) is 23.1. The van der Waals surface area contributed by atoms with Gasteiger partial charge in [-0.3, -0.25) is 0 Å². The molecule has 1 N–H and O–H groups in total. The predicted octanol–water partition coefficient (Wildman–Crippen LogP) is 1.76. The maximum Gasteiger partial charge on any atom is 0.341 e. The summed E-state index contributed by atoms with van der Waals surface area (Å²) >= 11 is 0. The number of ether oxygens (including phenoxy) is 5. The highest BCUT2D eigenvalue weighted by Gasteiger charge is 2.49. The van der Waals surface area contributed by atoms with Crippen molar-refractivity contribution in [1.82, 2.24) is 25.5 Å². The summed E-state index contributed by atoms with van der Waals surface area (Å²) in [7, 11) is 4.07. The lowest BCUT2D eigenvalue weighted by Gasteiger charge is -2.18. The van der Waals surface area contributed by atoms with Crippen molar-refractivity contribution in [3.05, 3.63) is 48.0 Å². The van der Waals surface area contributed by atoms with Crippen molar-refractivity contribution < 1.29 is 23.7 Å². The number of nitrogens with zero attached hydrogens (tertiary/aromatic N) is 5. The summed E-state index contributed by atoms with van der Waals surface area (Å²) in [4.78, 5) is 2.09. The van der Waals surface area contributed by atoms with Crippen molar-refractivity contribution in [1.29, 1.82) is 0 Å². The van der Waals surface area contributed by atoms with Crippen molar-refractivity contribution in [2.24, 2.45) is 0 Å². The molecule has 178 valence electrons. The van der Waals surface area contributed by atoms with Crippen LogP contribution in [0.1, 0.15) is 11.6 Å². The lowest BCUT2D eigenvalue weighted by atomic mass is 10.1. The van der Waals surface area contributed by atoms with Crippen LogP contribution in [0.2, 0.25) is 0 Å². The number of hydrogen-bond donors (Lipinski definition) is 1. The van der Waals surface area contributed by atoms with Gasteiger partial charge < -0.3 is 33.9 Å². The number of rotatable bonds is 7. The van der Waals surface area contributed by atoms with Gasteiger partial charge in [0, 0.05) is 32.4 Å². The van der Waals surface area contributed by atoms with Crippen LogP contribution in [0.25, 0.3) is 0 Å². The molecular formula is C23H26N6O5. The van der Waals surface area contributed by atoms with E-state index < -0.39 is 0 Å². The SMILES string of the molecule is CN(C)c1ccc(CNC2COC3C2OCC3n2nnnc2Oc2ccc3c(c2)OCO3)cc1. The zero-order valence-corrected chi connectivity index (χ0v) is 19.0. The van der Waals surface area contributed by atoms with E-state index in [4.69, 9.17) is 23.7 Å². The fourth-order valence-corrected chi connectivity index (χ4v) is 4.53. The first-order valence-electron chi connectivity index (χ1n) is 11.2. The molecule has 4 atom stereocenters. The monoisotopic (exact) mass is 466 g/mol. The molecule has 3 aliphatic rings. The molecule has 11 nitrogen and oxygen atoms in total. The minimum absolute atomic E-state index is 0.0817. The van der Waals surface area contributed by atoms with Crippen molar-refractivity contribution in [2.75, 3.05) is 39.0 Å². The molecule has 11 heteroatoms. The van der Waals surface area contributed by atoms with E-state index in [1.165, 1.54) is 11.3 Å². The van der Waals surface area contributed by atoms with Crippen LogP contribution < -0.4 is 24.4 Å². The van der Waals surface area contributed by atoms with Crippen LogP contribution in [0.4, 0.5) is 5.69 Å². The van der Waals surface area contributed by atoms with Crippen molar-refractivity contribution in [3.8, 4) is 23.3 Å². The van der Waals surface area contributed by atoms with E-state index in [0.29, 0.717) is 30.5 Å². The minimum Gasteiger partial charge on any atom is -0.454 e. The number of tetrazole rings is 1. The summed E-state index contributed by atoms with van der Waals surface area (Å²) in [6.45, 7) is 1.94. The molecule has 2 aromatic carbocycles. The topological polar surface area (TPSA) is 105 Å². The highest BCUT2D eigenvalue weighted by atomic mass is 16.7. The number of hydrogen-bond acceptors (Lipinski definition) is 10.